The Labute approximate surface area is 158 Å². The highest BCUT2D eigenvalue weighted by atomic mass is 16.6. The van der Waals surface area contributed by atoms with Crippen molar-refractivity contribution >= 4 is 17.9 Å². The van der Waals surface area contributed by atoms with Crippen LogP contribution in [0.25, 0.3) is 0 Å². The van der Waals surface area contributed by atoms with E-state index in [1.54, 1.807) is 17.9 Å². The first-order valence-electron chi connectivity index (χ1n) is 9.00. The third kappa shape index (κ3) is 4.01. The first-order chi connectivity index (χ1) is 12.6. The van der Waals surface area contributed by atoms with Crippen LogP contribution in [0.1, 0.15) is 56.2 Å². The molecule has 146 valence electrons. The van der Waals surface area contributed by atoms with Crippen molar-refractivity contribution in [1.29, 1.82) is 0 Å². The molecule has 3 heterocycles. The number of rotatable bonds is 1. The average Bonchev–Trinajstić information content (AvgIpc) is 2.89. The lowest BCUT2D eigenvalue weighted by Gasteiger charge is -2.43. The van der Waals surface area contributed by atoms with Gasteiger partial charge in [-0.05, 0) is 46.6 Å². The number of carbonyl (C=O) groups excluding carboxylic acids is 3. The van der Waals surface area contributed by atoms with Crippen LogP contribution >= 0.6 is 0 Å². The van der Waals surface area contributed by atoms with Crippen LogP contribution in [0, 0.1) is 6.92 Å². The average molecular weight is 375 g/mol. The summed E-state index contributed by atoms with van der Waals surface area (Å²) in [6.07, 6.45) is 2.14. The van der Waals surface area contributed by atoms with Gasteiger partial charge in [-0.1, -0.05) is 0 Å². The number of carbonyl (C=O) groups is 3. The summed E-state index contributed by atoms with van der Waals surface area (Å²) < 4.78 is 5.41. The Bertz CT molecular complexity index is 765. The molecule has 2 aliphatic rings. The summed E-state index contributed by atoms with van der Waals surface area (Å²) in [6.45, 7) is 8.06. The van der Waals surface area contributed by atoms with Crippen LogP contribution in [-0.2, 0) is 9.53 Å². The number of aromatic nitrogens is 2. The maximum Gasteiger partial charge on any atom is 0.410 e. The minimum absolute atomic E-state index is 0.208. The van der Waals surface area contributed by atoms with Crippen LogP contribution < -0.4 is 5.43 Å². The predicted octanol–water partition coefficient (Wildman–Crippen LogP) is 1.43. The number of hydrazine groups is 1. The molecular weight excluding hydrogens is 350 g/mol. The fourth-order valence-corrected chi connectivity index (χ4v) is 3.45. The molecule has 1 N–H and O–H groups in total. The molecule has 0 unspecified atom stereocenters. The molecule has 0 saturated carbocycles. The van der Waals surface area contributed by atoms with Crippen molar-refractivity contribution < 1.29 is 19.1 Å². The molecule has 9 nitrogen and oxygen atoms in total. The molecule has 1 spiro atoms. The molecule has 9 heteroatoms. The van der Waals surface area contributed by atoms with Gasteiger partial charge in [-0.2, -0.15) is 0 Å². The molecule has 3 rings (SSSR count). The Balaban J connectivity index is 1.74. The van der Waals surface area contributed by atoms with Gasteiger partial charge in [-0.3, -0.25) is 15.0 Å². The number of nitrogens with one attached hydrogen (secondary N) is 1. The summed E-state index contributed by atoms with van der Waals surface area (Å²) >= 11 is 0. The van der Waals surface area contributed by atoms with Gasteiger partial charge in [0.1, 0.15) is 17.6 Å². The lowest BCUT2D eigenvalue weighted by Crippen LogP contribution is -2.57. The monoisotopic (exact) mass is 375 g/mol. The summed E-state index contributed by atoms with van der Waals surface area (Å²) in [5.74, 6) is -0.572. The number of amides is 3. The Morgan fingerprint density at radius 2 is 1.89 bits per heavy atom. The van der Waals surface area contributed by atoms with Crippen molar-refractivity contribution in [2.75, 3.05) is 13.1 Å². The van der Waals surface area contributed by atoms with Gasteiger partial charge in [0, 0.05) is 18.8 Å². The first kappa shape index (κ1) is 19.1. The second-order valence-corrected chi connectivity index (χ2v) is 8.09. The quantitative estimate of drug-likeness (QED) is 0.796. The van der Waals surface area contributed by atoms with Crippen molar-refractivity contribution in [2.24, 2.45) is 0 Å². The van der Waals surface area contributed by atoms with Crippen molar-refractivity contribution in [3.8, 4) is 0 Å². The Morgan fingerprint density at radius 1 is 1.22 bits per heavy atom. The van der Waals surface area contributed by atoms with E-state index in [2.05, 4.69) is 15.4 Å². The molecule has 2 fully saturated rings. The summed E-state index contributed by atoms with van der Waals surface area (Å²) in [4.78, 5) is 47.0. The number of hydrogen-bond donors (Lipinski definition) is 1. The summed E-state index contributed by atoms with van der Waals surface area (Å²) in [5.41, 5.74) is 2.35. The van der Waals surface area contributed by atoms with Crippen LogP contribution in [0.15, 0.2) is 12.4 Å². The van der Waals surface area contributed by atoms with E-state index in [0.717, 1.165) is 0 Å². The van der Waals surface area contributed by atoms with Crippen LogP contribution in [0.3, 0.4) is 0 Å². The van der Waals surface area contributed by atoms with Crippen molar-refractivity contribution in [1.82, 2.24) is 25.3 Å². The van der Waals surface area contributed by atoms with E-state index in [1.807, 2.05) is 20.8 Å². The van der Waals surface area contributed by atoms with E-state index in [-0.39, 0.29) is 30.0 Å². The third-order valence-electron chi connectivity index (χ3n) is 4.77. The molecular formula is C18H25N5O4. The van der Waals surface area contributed by atoms with Gasteiger partial charge in [0.2, 0.25) is 5.91 Å². The normalized spacial score (nSPS) is 19.2. The van der Waals surface area contributed by atoms with Gasteiger partial charge in [-0.25, -0.2) is 19.8 Å². The Morgan fingerprint density at radius 3 is 2.48 bits per heavy atom. The third-order valence-corrected chi connectivity index (χ3v) is 4.77. The fourth-order valence-electron chi connectivity index (χ4n) is 3.45. The summed E-state index contributed by atoms with van der Waals surface area (Å²) in [5, 5.41) is 1.39. The molecule has 27 heavy (non-hydrogen) atoms. The van der Waals surface area contributed by atoms with E-state index in [0.29, 0.717) is 31.6 Å². The van der Waals surface area contributed by atoms with Gasteiger partial charge in [0.05, 0.1) is 12.0 Å². The van der Waals surface area contributed by atoms with Gasteiger partial charge < -0.3 is 9.64 Å². The van der Waals surface area contributed by atoms with Gasteiger partial charge in [-0.15, -0.1) is 0 Å². The van der Waals surface area contributed by atoms with Crippen LogP contribution in [0.2, 0.25) is 0 Å². The molecule has 0 aromatic carbocycles. The molecule has 1 aromatic heterocycles. The summed E-state index contributed by atoms with van der Waals surface area (Å²) in [7, 11) is 0. The largest absolute Gasteiger partial charge is 0.444 e. The number of aryl methyl sites for hydroxylation is 1. The van der Waals surface area contributed by atoms with Crippen molar-refractivity contribution in [3.05, 3.63) is 23.8 Å². The molecule has 2 aliphatic heterocycles. The van der Waals surface area contributed by atoms with E-state index in [1.165, 1.54) is 11.3 Å². The predicted molar refractivity (Wildman–Crippen MR) is 95.5 cm³/mol. The van der Waals surface area contributed by atoms with Crippen LogP contribution in [0.5, 0.6) is 0 Å². The number of piperidine rings is 1. The minimum atomic E-state index is -0.661. The van der Waals surface area contributed by atoms with E-state index in [9.17, 15) is 14.4 Å². The van der Waals surface area contributed by atoms with Gasteiger partial charge in [0.15, 0.2) is 0 Å². The van der Waals surface area contributed by atoms with Crippen LogP contribution in [-0.4, -0.2) is 62.0 Å². The molecule has 0 bridgehead atoms. The maximum absolute atomic E-state index is 12.9. The van der Waals surface area contributed by atoms with Gasteiger partial charge in [0.25, 0.3) is 5.91 Å². The first-order valence-corrected chi connectivity index (χ1v) is 9.00. The van der Waals surface area contributed by atoms with E-state index >= 15 is 0 Å². The van der Waals surface area contributed by atoms with E-state index in [4.69, 9.17) is 4.74 Å². The minimum Gasteiger partial charge on any atom is -0.444 e. The molecule has 3 amide bonds. The lowest BCUT2D eigenvalue weighted by atomic mass is 9.84. The Kier molecular flexibility index (Phi) is 4.79. The second-order valence-electron chi connectivity index (χ2n) is 8.09. The zero-order valence-electron chi connectivity index (χ0n) is 16.1. The van der Waals surface area contributed by atoms with Crippen molar-refractivity contribution in [3.63, 3.8) is 0 Å². The van der Waals surface area contributed by atoms with Crippen molar-refractivity contribution in [2.45, 2.75) is 58.1 Å². The summed E-state index contributed by atoms with van der Waals surface area (Å²) in [6, 6.07) is 1.59. The lowest BCUT2D eigenvalue weighted by molar-refractivity contribution is -0.120. The molecule has 1 aromatic rings. The number of nitrogens with zero attached hydrogens (tertiary/aromatic N) is 4. The highest BCUT2D eigenvalue weighted by molar-refractivity contribution is 5.96. The zero-order valence-corrected chi connectivity index (χ0v) is 16.1. The number of likely N-dealkylation sites (tertiary alicyclic amines) is 1. The van der Waals surface area contributed by atoms with E-state index < -0.39 is 11.1 Å². The maximum atomic E-state index is 12.9. The number of ether oxygens (including phenoxy) is 1. The topological polar surface area (TPSA) is 105 Å². The molecule has 0 aliphatic carbocycles. The smallest absolute Gasteiger partial charge is 0.410 e. The second kappa shape index (κ2) is 6.79. The fraction of sp³-hybridized carbons (Fsp3) is 0.611. The SMILES string of the molecule is Cc1cc(C(=O)N2NC(=O)CC23CCN(C(=O)OC(C)(C)C)CC3)ncn1. The Hall–Kier alpha value is -2.71. The zero-order chi connectivity index (χ0) is 19.8. The van der Waals surface area contributed by atoms with Crippen LogP contribution in [0.4, 0.5) is 4.79 Å². The molecule has 2 saturated heterocycles. The molecule has 0 atom stereocenters. The standard InChI is InChI=1S/C18H25N5O4/c1-12-9-13(20-11-19-12)15(25)23-18(10-14(24)21-23)5-7-22(8-6-18)16(26)27-17(2,3)4/h9,11H,5-8,10H2,1-4H3,(H,21,24). The highest BCUT2D eigenvalue weighted by Crippen LogP contribution is 2.36. The molecule has 0 radical (unpaired) electrons. The van der Waals surface area contributed by atoms with Gasteiger partial charge >= 0.3 is 6.09 Å². The highest BCUT2D eigenvalue weighted by Gasteiger charge is 2.50. The number of hydrogen-bond acceptors (Lipinski definition) is 6.